The van der Waals surface area contributed by atoms with Crippen LogP contribution in [-0.2, 0) is 16.7 Å². The number of nitrogens with zero attached hydrogens (tertiary/aromatic N) is 7. The normalized spacial score (nSPS) is 22.0. The molecule has 12 nitrogen and oxygen atoms in total. The van der Waals surface area contributed by atoms with Gasteiger partial charge in [-0.1, -0.05) is 56.6 Å². The fourth-order valence-corrected chi connectivity index (χ4v) is 8.44. The molecular weight excluding hydrogens is 714 g/mol. The average molecular weight is 766 g/mol. The van der Waals surface area contributed by atoms with Gasteiger partial charge in [0.1, 0.15) is 17.7 Å². The van der Waals surface area contributed by atoms with Crippen LogP contribution in [-0.4, -0.2) is 73.7 Å². The van der Waals surface area contributed by atoms with E-state index >= 15 is 0 Å². The monoisotopic (exact) mass is 765 g/mol. The van der Waals surface area contributed by atoms with Crippen LogP contribution in [0.15, 0.2) is 66.9 Å². The Hall–Kier alpha value is -4.65. The summed E-state index contributed by atoms with van der Waals surface area (Å²) in [5.74, 6) is 2.21. The molecule has 290 valence electrons. The van der Waals surface area contributed by atoms with Crippen LogP contribution in [0.5, 0.6) is 5.75 Å². The summed E-state index contributed by atoms with van der Waals surface area (Å²) in [4.78, 5) is 18.6. The van der Waals surface area contributed by atoms with Gasteiger partial charge in [0.05, 0.1) is 36.8 Å². The second-order valence-electron chi connectivity index (χ2n) is 16.3. The number of pyridine rings is 1. The molecule has 0 unspecified atom stereocenters. The predicted octanol–water partition coefficient (Wildman–Crippen LogP) is 8.24. The highest BCUT2D eigenvalue weighted by Crippen LogP contribution is 2.39. The van der Waals surface area contributed by atoms with Crippen LogP contribution in [0.4, 0.5) is 16.6 Å². The highest BCUT2D eigenvalue weighted by molar-refractivity contribution is 6.31. The Bertz CT molecular complexity index is 2140. The van der Waals surface area contributed by atoms with E-state index < -0.39 is 0 Å². The van der Waals surface area contributed by atoms with Crippen molar-refractivity contribution in [3.8, 4) is 11.4 Å². The number of anilines is 2. The second-order valence-corrected chi connectivity index (χ2v) is 16.7. The molecule has 5 aromatic rings. The average Bonchev–Trinajstić information content (AvgIpc) is 3.78. The molecule has 55 heavy (non-hydrogen) atoms. The number of morpholine rings is 1. The molecule has 0 radical (unpaired) electrons. The number of rotatable bonds is 8. The van der Waals surface area contributed by atoms with Crippen molar-refractivity contribution in [2.45, 2.75) is 103 Å². The highest BCUT2D eigenvalue weighted by Gasteiger charge is 2.32. The summed E-state index contributed by atoms with van der Waals surface area (Å²) in [5, 5.41) is 21.2. The molecule has 2 saturated heterocycles. The van der Waals surface area contributed by atoms with Crippen molar-refractivity contribution < 1.29 is 14.3 Å². The Labute approximate surface area is 328 Å². The van der Waals surface area contributed by atoms with Crippen molar-refractivity contribution in [3.05, 3.63) is 94.3 Å². The number of amides is 2. The molecule has 13 heteroatoms. The SMILES string of the molecule is C[C@@H]1CCC[C@H](C)N1c1nnc2ccc(O[C@@H]3CC[C@H](NC(=O)Nc4cc(C(C)(C)C)nn4-c4ccc(Cl)c(CN5CCOCC5)c4)c4ccccc43)cn12. The van der Waals surface area contributed by atoms with E-state index in [4.69, 9.17) is 26.2 Å². The smallest absolute Gasteiger partial charge is 0.320 e. The van der Waals surface area contributed by atoms with Crippen LogP contribution in [0.1, 0.15) is 101 Å². The van der Waals surface area contributed by atoms with Crippen molar-refractivity contribution in [2.75, 3.05) is 36.5 Å². The van der Waals surface area contributed by atoms with Crippen molar-refractivity contribution >= 4 is 35.0 Å². The molecule has 2 N–H and O–H groups in total. The standard InChI is InChI=1S/C42H52ClN9O3/c1-27-9-8-10-28(2)51(27)41-47-46-38-18-14-31(26-50(38)41)55-36-17-16-35(32-11-6-7-12-33(32)36)44-40(53)45-39-24-37(42(3,4)5)48-52(39)30-13-15-34(43)29(23-30)25-49-19-21-54-22-20-49/h6-7,11-15,18,23-24,26-28,35-36H,8-10,16-17,19-22,25H2,1-5H3,(H2,44,45,53)/t27-,28+,35-,36+/m0/s1. The lowest BCUT2D eigenvalue weighted by Gasteiger charge is -2.39. The van der Waals surface area contributed by atoms with E-state index in [0.717, 1.165) is 77.8 Å². The summed E-state index contributed by atoms with van der Waals surface area (Å²) in [6.45, 7) is 14.7. The minimum absolute atomic E-state index is 0.171. The quantitative estimate of drug-likeness (QED) is 0.163. The minimum atomic E-state index is -0.296. The zero-order chi connectivity index (χ0) is 38.3. The summed E-state index contributed by atoms with van der Waals surface area (Å²) >= 11 is 6.69. The maximum atomic E-state index is 13.8. The number of benzene rings is 2. The van der Waals surface area contributed by atoms with E-state index in [1.54, 1.807) is 0 Å². The van der Waals surface area contributed by atoms with E-state index in [-0.39, 0.29) is 23.6 Å². The summed E-state index contributed by atoms with van der Waals surface area (Å²) in [6.07, 6.45) is 6.80. The molecule has 2 aromatic carbocycles. The summed E-state index contributed by atoms with van der Waals surface area (Å²) in [6, 6.07) is 20.3. The third-order valence-corrected chi connectivity index (χ3v) is 11.7. The van der Waals surface area contributed by atoms with E-state index in [0.29, 0.717) is 49.1 Å². The third kappa shape index (κ3) is 7.90. The van der Waals surface area contributed by atoms with Gasteiger partial charge >= 0.3 is 6.03 Å². The lowest BCUT2D eigenvalue weighted by Crippen LogP contribution is -2.44. The zero-order valence-electron chi connectivity index (χ0n) is 32.5. The topological polar surface area (TPSA) is 114 Å². The largest absolute Gasteiger partial charge is 0.484 e. The van der Waals surface area contributed by atoms with E-state index in [2.05, 4.69) is 87.8 Å². The number of fused-ring (bicyclic) bond motifs is 2. The number of hydrogen-bond acceptors (Lipinski definition) is 8. The fraction of sp³-hybridized carbons (Fsp3) is 0.476. The molecule has 5 heterocycles. The molecule has 2 amide bonds. The first-order valence-corrected chi connectivity index (χ1v) is 20.0. The minimum Gasteiger partial charge on any atom is -0.484 e. The molecule has 2 fully saturated rings. The molecule has 0 spiro atoms. The first-order valence-electron chi connectivity index (χ1n) is 19.7. The van der Waals surface area contributed by atoms with Gasteiger partial charge < -0.3 is 19.7 Å². The van der Waals surface area contributed by atoms with Gasteiger partial charge in [-0.3, -0.25) is 14.6 Å². The molecule has 3 aliphatic rings. The van der Waals surface area contributed by atoms with Crippen LogP contribution in [0.25, 0.3) is 11.3 Å². The highest BCUT2D eigenvalue weighted by atomic mass is 35.5. The molecule has 3 aromatic heterocycles. The Balaban J connectivity index is 0.997. The predicted molar refractivity (Wildman–Crippen MR) is 216 cm³/mol. The van der Waals surface area contributed by atoms with Gasteiger partial charge in [-0.2, -0.15) is 5.10 Å². The summed E-state index contributed by atoms with van der Waals surface area (Å²) in [5.41, 5.74) is 5.38. The van der Waals surface area contributed by atoms with Gasteiger partial charge in [0.15, 0.2) is 5.65 Å². The first-order chi connectivity index (χ1) is 26.5. The van der Waals surface area contributed by atoms with Gasteiger partial charge in [-0.25, -0.2) is 9.48 Å². The van der Waals surface area contributed by atoms with Crippen molar-refractivity contribution in [2.24, 2.45) is 0 Å². The molecular formula is C42H52ClN9O3. The van der Waals surface area contributed by atoms with Gasteiger partial charge in [0.2, 0.25) is 5.95 Å². The number of carbonyl (C=O) groups is 1. The fourth-order valence-electron chi connectivity index (χ4n) is 8.27. The van der Waals surface area contributed by atoms with Crippen LogP contribution >= 0.6 is 11.6 Å². The molecule has 2 aliphatic heterocycles. The first kappa shape index (κ1) is 37.3. The van der Waals surface area contributed by atoms with Crippen molar-refractivity contribution in [3.63, 3.8) is 0 Å². The number of hydrogen-bond donors (Lipinski definition) is 2. The number of ether oxygens (including phenoxy) is 2. The van der Waals surface area contributed by atoms with E-state index in [9.17, 15) is 4.79 Å². The number of nitrogens with one attached hydrogen (secondary N) is 2. The molecule has 1 aliphatic carbocycles. The van der Waals surface area contributed by atoms with Crippen LogP contribution < -0.4 is 20.3 Å². The summed E-state index contributed by atoms with van der Waals surface area (Å²) < 4.78 is 16.1. The van der Waals surface area contributed by atoms with Crippen molar-refractivity contribution in [1.29, 1.82) is 0 Å². The maximum Gasteiger partial charge on any atom is 0.320 e. The number of halogens is 1. The Kier molecular flexibility index (Phi) is 10.5. The zero-order valence-corrected chi connectivity index (χ0v) is 33.2. The molecule has 0 saturated carbocycles. The molecule has 4 atom stereocenters. The lowest BCUT2D eigenvalue weighted by atomic mass is 9.85. The van der Waals surface area contributed by atoms with Crippen LogP contribution in [0, 0.1) is 0 Å². The number of aromatic nitrogens is 5. The molecule has 0 bridgehead atoms. The van der Waals surface area contributed by atoms with Gasteiger partial charge in [0, 0.05) is 48.2 Å². The van der Waals surface area contributed by atoms with Gasteiger partial charge in [0.25, 0.3) is 0 Å². The van der Waals surface area contributed by atoms with Crippen LogP contribution in [0.2, 0.25) is 5.02 Å². The second kappa shape index (κ2) is 15.5. The third-order valence-electron chi connectivity index (χ3n) is 11.3. The van der Waals surface area contributed by atoms with Gasteiger partial charge in [-0.15, -0.1) is 10.2 Å². The summed E-state index contributed by atoms with van der Waals surface area (Å²) in [7, 11) is 0. The van der Waals surface area contributed by atoms with Gasteiger partial charge in [-0.05, 0) is 93.0 Å². The van der Waals surface area contributed by atoms with Crippen LogP contribution in [0.3, 0.4) is 0 Å². The molecule has 8 rings (SSSR count). The van der Waals surface area contributed by atoms with E-state index in [1.807, 2.05) is 53.3 Å². The van der Waals surface area contributed by atoms with Crippen molar-refractivity contribution in [1.82, 2.24) is 34.6 Å². The number of piperidine rings is 1. The van der Waals surface area contributed by atoms with E-state index in [1.165, 1.54) is 6.42 Å². The Morgan fingerprint density at radius 3 is 2.47 bits per heavy atom. The maximum absolute atomic E-state index is 13.8. The Morgan fingerprint density at radius 2 is 1.71 bits per heavy atom. The Morgan fingerprint density at radius 1 is 0.945 bits per heavy atom. The lowest BCUT2D eigenvalue weighted by molar-refractivity contribution is 0.0342. The number of carbonyl (C=O) groups excluding carboxylic acids is 1. The number of urea groups is 1.